The van der Waals surface area contributed by atoms with E-state index in [0.29, 0.717) is 16.4 Å². The Morgan fingerprint density at radius 1 is 1.18 bits per heavy atom. The third-order valence-corrected chi connectivity index (χ3v) is 6.03. The molecular formula is C24H18BrCl2N3O4. The Hall–Kier alpha value is -3.25. The van der Waals surface area contributed by atoms with Crippen molar-refractivity contribution in [3.05, 3.63) is 79.4 Å². The summed E-state index contributed by atoms with van der Waals surface area (Å²) in [5.41, 5.74) is 1.65. The highest BCUT2D eigenvalue weighted by atomic mass is 79.9. The number of ether oxygens (including phenoxy) is 1. The number of carbonyl (C=O) groups excluding carboxylic acids is 2. The lowest BCUT2D eigenvalue weighted by atomic mass is 10.2. The van der Waals surface area contributed by atoms with Gasteiger partial charge in [0, 0.05) is 26.9 Å². The fourth-order valence-corrected chi connectivity index (χ4v) is 3.49. The number of amides is 1. The molecule has 0 bridgehead atoms. The zero-order valence-electron chi connectivity index (χ0n) is 18.0. The molecular weight excluding hydrogens is 545 g/mol. The Bertz CT molecular complexity index is 1310. The molecule has 0 atom stereocenters. The molecule has 0 unspecified atom stereocenters. The van der Waals surface area contributed by atoms with Gasteiger partial charge in [0.15, 0.2) is 5.76 Å². The summed E-state index contributed by atoms with van der Waals surface area (Å²) in [5, 5.41) is 15.6. The summed E-state index contributed by atoms with van der Waals surface area (Å²) in [5.74, 6) is -1.44. The summed E-state index contributed by atoms with van der Waals surface area (Å²) in [6, 6.07) is 13.7. The average molecular weight is 563 g/mol. The standard InChI is InChI=1S/C24H18BrCl2N3O4/c1-3-33-24(32)20-21(27)19(34-23(20)30-16-6-4-15(26)5-7-16)11-14(12-28)22(31)29-17-8-9-18(25)13(2)10-17/h4-11,30H,3H2,1-2H3,(H,29,31)/b14-11+. The summed E-state index contributed by atoms with van der Waals surface area (Å²) >= 11 is 15.7. The summed E-state index contributed by atoms with van der Waals surface area (Å²) < 4.78 is 11.7. The first kappa shape index (κ1) is 25.4. The van der Waals surface area contributed by atoms with E-state index in [1.165, 1.54) is 6.08 Å². The Morgan fingerprint density at radius 3 is 2.47 bits per heavy atom. The number of hydrogen-bond acceptors (Lipinski definition) is 6. The molecule has 3 rings (SSSR count). The first-order valence-electron chi connectivity index (χ1n) is 9.94. The van der Waals surface area contributed by atoms with Gasteiger partial charge >= 0.3 is 5.97 Å². The second-order valence-electron chi connectivity index (χ2n) is 6.92. The first-order chi connectivity index (χ1) is 16.2. The molecule has 2 aromatic carbocycles. The number of nitriles is 1. The van der Waals surface area contributed by atoms with Gasteiger partial charge in [0.2, 0.25) is 5.88 Å². The molecule has 7 nitrogen and oxygen atoms in total. The Labute approximate surface area is 214 Å². The van der Waals surface area contributed by atoms with Gasteiger partial charge in [-0.2, -0.15) is 5.26 Å². The van der Waals surface area contributed by atoms with Crippen molar-refractivity contribution in [1.82, 2.24) is 0 Å². The van der Waals surface area contributed by atoms with Gasteiger partial charge in [-0.1, -0.05) is 39.1 Å². The molecule has 0 spiro atoms. The van der Waals surface area contributed by atoms with Gasteiger partial charge in [-0.05, 0) is 61.9 Å². The van der Waals surface area contributed by atoms with Gasteiger partial charge in [0.05, 0.1) is 6.61 Å². The average Bonchev–Trinajstić information content (AvgIpc) is 3.10. The zero-order valence-corrected chi connectivity index (χ0v) is 21.1. The van der Waals surface area contributed by atoms with Crippen molar-refractivity contribution in [3.8, 4) is 6.07 Å². The predicted molar refractivity (Wildman–Crippen MR) is 136 cm³/mol. The molecule has 0 saturated carbocycles. The number of halogens is 3. The van der Waals surface area contributed by atoms with E-state index in [-0.39, 0.29) is 34.4 Å². The molecule has 1 heterocycles. The Morgan fingerprint density at radius 2 is 1.85 bits per heavy atom. The van der Waals surface area contributed by atoms with E-state index in [1.54, 1.807) is 49.4 Å². The maximum atomic E-state index is 12.7. The number of esters is 1. The van der Waals surface area contributed by atoms with Crippen molar-refractivity contribution in [1.29, 1.82) is 5.26 Å². The third-order valence-electron chi connectivity index (χ3n) is 4.51. The van der Waals surface area contributed by atoms with Crippen LogP contribution >= 0.6 is 39.1 Å². The number of benzene rings is 2. The largest absolute Gasteiger partial charge is 0.462 e. The van der Waals surface area contributed by atoms with Gasteiger partial charge in [-0.15, -0.1) is 0 Å². The van der Waals surface area contributed by atoms with Crippen LogP contribution in [0.4, 0.5) is 17.3 Å². The molecule has 3 aromatic rings. The minimum absolute atomic E-state index is 0.00162. The highest BCUT2D eigenvalue weighted by Crippen LogP contribution is 2.36. The van der Waals surface area contributed by atoms with Crippen molar-refractivity contribution in [2.24, 2.45) is 0 Å². The number of nitrogens with one attached hydrogen (secondary N) is 2. The molecule has 0 fully saturated rings. The zero-order chi connectivity index (χ0) is 24.8. The van der Waals surface area contributed by atoms with Crippen LogP contribution in [-0.2, 0) is 9.53 Å². The predicted octanol–water partition coefficient (Wildman–Crippen LogP) is 7.12. The molecule has 0 aliphatic carbocycles. The van der Waals surface area contributed by atoms with Gasteiger partial charge < -0.3 is 19.8 Å². The lowest BCUT2D eigenvalue weighted by molar-refractivity contribution is -0.112. The van der Waals surface area contributed by atoms with Crippen LogP contribution in [0.2, 0.25) is 10.0 Å². The van der Waals surface area contributed by atoms with Crippen molar-refractivity contribution in [2.75, 3.05) is 17.2 Å². The summed E-state index contributed by atoms with van der Waals surface area (Å²) in [4.78, 5) is 25.2. The number of carbonyl (C=O) groups is 2. The minimum atomic E-state index is -0.722. The number of hydrogen-bond donors (Lipinski definition) is 2. The number of furan rings is 1. The van der Waals surface area contributed by atoms with E-state index in [0.717, 1.165) is 10.0 Å². The molecule has 1 amide bonds. The highest BCUT2D eigenvalue weighted by molar-refractivity contribution is 9.10. The van der Waals surface area contributed by atoms with Crippen molar-refractivity contribution in [2.45, 2.75) is 13.8 Å². The second-order valence-corrected chi connectivity index (χ2v) is 8.59. The van der Waals surface area contributed by atoms with Crippen LogP contribution < -0.4 is 10.6 Å². The first-order valence-corrected chi connectivity index (χ1v) is 11.5. The molecule has 2 N–H and O–H groups in total. The minimum Gasteiger partial charge on any atom is -0.462 e. The molecule has 34 heavy (non-hydrogen) atoms. The Balaban J connectivity index is 1.96. The molecule has 0 radical (unpaired) electrons. The quantitative estimate of drug-likeness (QED) is 0.180. The van der Waals surface area contributed by atoms with Crippen LogP contribution in [0, 0.1) is 18.3 Å². The SMILES string of the molecule is CCOC(=O)c1c(Nc2ccc(Cl)cc2)oc(/C=C(\C#N)C(=O)Nc2ccc(Br)c(C)c2)c1Cl. The Kier molecular flexibility index (Phi) is 8.40. The third kappa shape index (κ3) is 6.00. The van der Waals surface area contributed by atoms with E-state index in [9.17, 15) is 14.9 Å². The van der Waals surface area contributed by atoms with Gasteiger partial charge in [0.1, 0.15) is 22.2 Å². The van der Waals surface area contributed by atoms with E-state index in [2.05, 4.69) is 26.6 Å². The van der Waals surface area contributed by atoms with Crippen LogP contribution in [0.1, 0.15) is 28.6 Å². The van der Waals surface area contributed by atoms with Crippen molar-refractivity contribution < 1.29 is 18.7 Å². The second kappa shape index (κ2) is 11.3. The van der Waals surface area contributed by atoms with E-state index < -0.39 is 11.9 Å². The fraction of sp³-hybridized carbons (Fsp3) is 0.125. The van der Waals surface area contributed by atoms with Crippen LogP contribution in [-0.4, -0.2) is 18.5 Å². The smallest absolute Gasteiger partial charge is 0.345 e. The summed E-state index contributed by atoms with van der Waals surface area (Å²) in [6.07, 6.45) is 1.17. The highest BCUT2D eigenvalue weighted by Gasteiger charge is 2.26. The number of aryl methyl sites for hydroxylation is 1. The van der Waals surface area contributed by atoms with Gasteiger partial charge in [-0.3, -0.25) is 4.79 Å². The molecule has 0 aliphatic heterocycles. The van der Waals surface area contributed by atoms with E-state index >= 15 is 0 Å². The maximum absolute atomic E-state index is 12.7. The summed E-state index contributed by atoms with van der Waals surface area (Å²) in [7, 11) is 0. The molecule has 0 aliphatic rings. The summed E-state index contributed by atoms with van der Waals surface area (Å²) in [6.45, 7) is 3.64. The molecule has 0 saturated heterocycles. The lowest BCUT2D eigenvalue weighted by Gasteiger charge is -2.06. The van der Waals surface area contributed by atoms with Crippen LogP contribution in [0.3, 0.4) is 0 Å². The molecule has 10 heteroatoms. The van der Waals surface area contributed by atoms with Crippen LogP contribution in [0.5, 0.6) is 0 Å². The lowest BCUT2D eigenvalue weighted by Crippen LogP contribution is -2.13. The van der Waals surface area contributed by atoms with Crippen molar-refractivity contribution in [3.63, 3.8) is 0 Å². The fourth-order valence-electron chi connectivity index (χ4n) is 2.86. The van der Waals surface area contributed by atoms with Gasteiger partial charge in [0.25, 0.3) is 5.91 Å². The monoisotopic (exact) mass is 561 g/mol. The van der Waals surface area contributed by atoms with Crippen LogP contribution in [0.15, 0.2) is 56.9 Å². The topological polar surface area (TPSA) is 104 Å². The van der Waals surface area contributed by atoms with Crippen molar-refractivity contribution >= 4 is 74.3 Å². The normalized spacial score (nSPS) is 11.0. The number of nitrogens with zero attached hydrogens (tertiary/aromatic N) is 1. The van der Waals surface area contributed by atoms with Crippen LogP contribution in [0.25, 0.3) is 6.08 Å². The van der Waals surface area contributed by atoms with Gasteiger partial charge in [-0.25, -0.2) is 4.79 Å². The number of rotatable bonds is 7. The molecule has 174 valence electrons. The molecule has 1 aromatic heterocycles. The number of anilines is 3. The van der Waals surface area contributed by atoms with E-state index in [4.69, 9.17) is 32.4 Å². The van der Waals surface area contributed by atoms with E-state index in [1.807, 2.05) is 13.0 Å². The maximum Gasteiger partial charge on any atom is 0.345 e.